The van der Waals surface area contributed by atoms with Crippen molar-refractivity contribution in [1.82, 2.24) is 0 Å². The van der Waals surface area contributed by atoms with Gasteiger partial charge in [-0.25, -0.2) is 0 Å². The fraction of sp³-hybridized carbons (Fsp3) is 0.500. The summed E-state index contributed by atoms with van der Waals surface area (Å²) in [5.74, 6) is 0. The van der Waals surface area contributed by atoms with Gasteiger partial charge in [-0.3, -0.25) is 0 Å². The van der Waals surface area contributed by atoms with Crippen LogP contribution in [0.3, 0.4) is 0 Å². The molecule has 0 spiro atoms. The second-order valence-corrected chi connectivity index (χ2v) is 3.87. The van der Waals surface area contributed by atoms with Gasteiger partial charge in [0.15, 0.2) is 0 Å². The average molecular weight is 170 g/mol. The maximum Gasteiger partial charge on any atom is 0.145 e. The summed E-state index contributed by atoms with van der Waals surface area (Å²) in [5.41, 5.74) is 0.499. The fourth-order valence-corrected chi connectivity index (χ4v) is 2.28. The first-order chi connectivity index (χ1) is 5.22. The lowest BCUT2D eigenvalue weighted by atomic mass is 9.98. The molecule has 1 aliphatic heterocycles. The van der Waals surface area contributed by atoms with Crippen molar-refractivity contribution < 1.29 is 9.84 Å². The summed E-state index contributed by atoms with van der Waals surface area (Å²) < 4.78 is 4.97. The van der Waals surface area contributed by atoms with Gasteiger partial charge in [0.2, 0.25) is 0 Å². The van der Waals surface area contributed by atoms with Crippen LogP contribution in [0.25, 0.3) is 0 Å². The van der Waals surface area contributed by atoms with Gasteiger partial charge in [0.1, 0.15) is 5.60 Å². The van der Waals surface area contributed by atoms with E-state index in [0.29, 0.717) is 13.2 Å². The highest BCUT2D eigenvalue weighted by Crippen LogP contribution is 2.34. The zero-order chi connectivity index (χ0) is 7.90. The highest BCUT2D eigenvalue weighted by atomic mass is 32.1. The minimum absolute atomic E-state index is 0.453. The second kappa shape index (κ2) is 2.30. The van der Waals surface area contributed by atoms with Crippen LogP contribution in [0.15, 0.2) is 11.4 Å². The van der Waals surface area contributed by atoms with Gasteiger partial charge in [-0.15, -0.1) is 11.3 Å². The SMILES string of the molecule is Cc1ccsc1C1(O)COC1. The molecule has 0 aromatic carbocycles. The van der Waals surface area contributed by atoms with E-state index in [-0.39, 0.29) is 0 Å². The number of aryl methyl sites for hydroxylation is 1. The number of hydrogen-bond acceptors (Lipinski definition) is 3. The number of rotatable bonds is 1. The Morgan fingerprint density at radius 2 is 2.36 bits per heavy atom. The summed E-state index contributed by atoms with van der Waals surface area (Å²) in [4.78, 5) is 1.06. The highest BCUT2D eigenvalue weighted by Gasteiger charge is 2.39. The van der Waals surface area contributed by atoms with Crippen molar-refractivity contribution in [2.45, 2.75) is 12.5 Å². The van der Waals surface area contributed by atoms with Gasteiger partial charge in [0.05, 0.1) is 13.2 Å². The molecule has 0 atom stereocenters. The summed E-state index contributed by atoms with van der Waals surface area (Å²) in [6.45, 7) is 2.92. The Bertz CT molecular complexity index is 263. The molecule has 2 heterocycles. The molecular formula is C8H10O2S. The van der Waals surface area contributed by atoms with Crippen molar-refractivity contribution in [2.24, 2.45) is 0 Å². The molecule has 1 saturated heterocycles. The summed E-state index contributed by atoms with van der Waals surface area (Å²) in [7, 11) is 0. The Morgan fingerprint density at radius 3 is 2.73 bits per heavy atom. The van der Waals surface area contributed by atoms with E-state index in [1.54, 1.807) is 11.3 Å². The van der Waals surface area contributed by atoms with Gasteiger partial charge >= 0.3 is 0 Å². The van der Waals surface area contributed by atoms with Gasteiger partial charge in [-0.1, -0.05) is 0 Å². The van der Waals surface area contributed by atoms with Crippen LogP contribution in [-0.4, -0.2) is 18.3 Å². The minimum Gasteiger partial charge on any atom is -0.379 e. The number of hydrogen-bond donors (Lipinski definition) is 1. The van der Waals surface area contributed by atoms with Gasteiger partial charge in [0, 0.05) is 4.88 Å². The third kappa shape index (κ3) is 1.00. The maximum atomic E-state index is 9.84. The molecule has 1 aromatic rings. The molecular weight excluding hydrogens is 160 g/mol. The molecule has 2 nitrogen and oxygen atoms in total. The van der Waals surface area contributed by atoms with Crippen LogP contribution in [0, 0.1) is 6.92 Å². The number of thiophene rings is 1. The quantitative estimate of drug-likeness (QED) is 0.688. The molecule has 1 fully saturated rings. The van der Waals surface area contributed by atoms with Gasteiger partial charge < -0.3 is 9.84 Å². The normalized spacial score (nSPS) is 21.3. The second-order valence-electron chi connectivity index (χ2n) is 2.96. The molecule has 1 aromatic heterocycles. The molecule has 0 bridgehead atoms. The lowest BCUT2D eigenvalue weighted by Gasteiger charge is -2.36. The first-order valence-corrected chi connectivity index (χ1v) is 4.45. The number of aliphatic hydroxyl groups is 1. The maximum absolute atomic E-state index is 9.84. The molecule has 60 valence electrons. The van der Waals surface area contributed by atoms with E-state index in [1.807, 2.05) is 18.4 Å². The van der Waals surface area contributed by atoms with Crippen molar-refractivity contribution in [2.75, 3.05) is 13.2 Å². The van der Waals surface area contributed by atoms with E-state index in [1.165, 1.54) is 5.56 Å². The Labute approximate surface area is 69.4 Å². The lowest BCUT2D eigenvalue weighted by Crippen LogP contribution is -2.46. The smallest absolute Gasteiger partial charge is 0.145 e. The van der Waals surface area contributed by atoms with Gasteiger partial charge in [-0.2, -0.15) is 0 Å². The van der Waals surface area contributed by atoms with Gasteiger partial charge in [0.25, 0.3) is 0 Å². The molecule has 0 aliphatic carbocycles. The molecule has 1 N–H and O–H groups in total. The fourth-order valence-electron chi connectivity index (χ4n) is 1.28. The Kier molecular flexibility index (Phi) is 1.52. The molecule has 11 heavy (non-hydrogen) atoms. The van der Waals surface area contributed by atoms with Crippen molar-refractivity contribution in [3.8, 4) is 0 Å². The predicted molar refractivity (Wildman–Crippen MR) is 43.8 cm³/mol. The van der Waals surface area contributed by atoms with Crippen LogP contribution in [0.1, 0.15) is 10.4 Å². The third-order valence-corrected chi connectivity index (χ3v) is 3.18. The number of ether oxygens (including phenoxy) is 1. The molecule has 0 unspecified atom stereocenters. The molecule has 2 rings (SSSR count). The molecule has 3 heteroatoms. The lowest BCUT2D eigenvalue weighted by molar-refractivity contribution is -0.182. The monoisotopic (exact) mass is 170 g/mol. The van der Waals surface area contributed by atoms with E-state index in [9.17, 15) is 5.11 Å². The molecule has 0 radical (unpaired) electrons. The summed E-state index contributed by atoms with van der Waals surface area (Å²) in [6.07, 6.45) is 0. The van der Waals surface area contributed by atoms with Crippen LogP contribution in [-0.2, 0) is 10.3 Å². The van der Waals surface area contributed by atoms with Crippen LogP contribution in [0.2, 0.25) is 0 Å². The van der Waals surface area contributed by atoms with E-state index in [0.717, 1.165) is 4.88 Å². The summed E-state index contributed by atoms with van der Waals surface area (Å²) in [5, 5.41) is 11.8. The van der Waals surface area contributed by atoms with Crippen molar-refractivity contribution in [3.63, 3.8) is 0 Å². The zero-order valence-electron chi connectivity index (χ0n) is 6.33. The van der Waals surface area contributed by atoms with Crippen molar-refractivity contribution >= 4 is 11.3 Å². The first-order valence-electron chi connectivity index (χ1n) is 3.57. The van der Waals surface area contributed by atoms with Crippen LogP contribution < -0.4 is 0 Å². The largest absolute Gasteiger partial charge is 0.379 e. The predicted octanol–water partition coefficient (Wildman–Crippen LogP) is 1.27. The Morgan fingerprint density at radius 1 is 1.64 bits per heavy atom. The Balaban J connectivity index is 2.35. The zero-order valence-corrected chi connectivity index (χ0v) is 7.15. The van der Waals surface area contributed by atoms with Crippen molar-refractivity contribution in [1.29, 1.82) is 0 Å². The van der Waals surface area contributed by atoms with E-state index in [4.69, 9.17) is 4.74 Å². The highest BCUT2D eigenvalue weighted by molar-refractivity contribution is 7.10. The first kappa shape index (κ1) is 7.28. The Hall–Kier alpha value is -0.380. The molecule has 1 aliphatic rings. The van der Waals surface area contributed by atoms with Crippen LogP contribution in [0.5, 0.6) is 0 Å². The summed E-state index contributed by atoms with van der Waals surface area (Å²) in [6, 6.07) is 2.02. The standard InChI is InChI=1S/C8H10O2S/c1-6-2-3-11-7(6)8(9)4-10-5-8/h2-3,9H,4-5H2,1H3. The van der Waals surface area contributed by atoms with Crippen molar-refractivity contribution in [3.05, 3.63) is 21.9 Å². The van der Waals surface area contributed by atoms with E-state index in [2.05, 4.69) is 0 Å². The van der Waals surface area contributed by atoms with Crippen LogP contribution >= 0.6 is 11.3 Å². The van der Waals surface area contributed by atoms with E-state index < -0.39 is 5.60 Å². The summed E-state index contributed by atoms with van der Waals surface area (Å²) >= 11 is 1.60. The molecule has 0 saturated carbocycles. The molecule has 0 amide bonds. The van der Waals surface area contributed by atoms with E-state index >= 15 is 0 Å². The average Bonchev–Trinajstić information content (AvgIpc) is 2.30. The van der Waals surface area contributed by atoms with Gasteiger partial charge in [-0.05, 0) is 23.9 Å². The topological polar surface area (TPSA) is 29.5 Å². The minimum atomic E-state index is -0.668. The third-order valence-electron chi connectivity index (χ3n) is 1.97. The van der Waals surface area contributed by atoms with Crippen LogP contribution in [0.4, 0.5) is 0 Å².